The zero-order chi connectivity index (χ0) is 10.7. The normalized spacial score (nSPS) is 24.4. The highest BCUT2D eigenvalue weighted by Gasteiger charge is 2.25. The number of nitrogens with one attached hydrogen (secondary N) is 1. The SMILES string of the molecule is CCOc1cccc(NC2CC(C)C2)n1. The summed E-state index contributed by atoms with van der Waals surface area (Å²) in [5, 5.41) is 3.42. The van der Waals surface area contributed by atoms with Gasteiger partial charge in [-0.05, 0) is 31.7 Å². The van der Waals surface area contributed by atoms with E-state index in [1.807, 2.05) is 25.1 Å². The van der Waals surface area contributed by atoms with Crippen LogP contribution in [0.25, 0.3) is 0 Å². The molecule has 2 rings (SSSR count). The summed E-state index contributed by atoms with van der Waals surface area (Å²) in [6, 6.07) is 6.45. The molecule has 1 heterocycles. The zero-order valence-corrected chi connectivity index (χ0v) is 9.36. The largest absolute Gasteiger partial charge is 0.478 e. The van der Waals surface area contributed by atoms with Crippen molar-refractivity contribution in [3.05, 3.63) is 18.2 Å². The first kappa shape index (κ1) is 10.3. The molecule has 1 aromatic rings. The van der Waals surface area contributed by atoms with Gasteiger partial charge in [0.15, 0.2) is 0 Å². The van der Waals surface area contributed by atoms with E-state index in [-0.39, 0.29) is 0 Å². The van der Waals surface area contributed by atoms with Crippen LogP contribution in [-0.2, 0) is 0 Å². The molecule has 3 nitrogen and oxygen atoms in total. The van der Waals surface area contributed by atoms with Crippen molar-refractivity contribution in [2.24, 2.45) is 5.92 Å². The standard InChI is InChI=1S/C12H18N2O/c1-3-15-12-6-4-5-11(14-12)13-10-7-9(2)8-10/h4-6,9-10H,3,7-8H2,1-2H3,(H,13,14). The summed E-state index contributed by atoms with van der Waals surface area (Å²) in [5.41, 5.74) is 0. The van der Waals surface area contributed by atoms with Crippen LogP contribution in [0.15, 0.2) is 18.2 Å². The molecular weight excluding hydrogens is 188 g/mol. The van der Waals surface area contributed by atoms with E-state index in [4.69, 9.17) is 4.74 Å². The van der Waals surface area contributed by atoms with Crippen molar-refractivity contribution in [1.29, 1.82) is 0 Å². The molecule has 0 aromatic carbocycles. The molecule has 0 saturated heterocycles. The second-order valence-electron chi connectivity index (χ2n) is 4.21. The highest BCUT2D eigenvalue weighted by Crippen LogP contribution is 2.29. The van der Waals surface area contributed by atoms with Crippen LogP contribution in [0.4, 0.5) is 5.82 Å². The van der Waals surface area contributed by atoms with Crippen LogP contribution in [0.2, 0.25) is 0 Å². The predicted octanol–water partition coefficient (Wildman–Crippen LogP) is 2.69. The van der Waals surface area contributed by atoms with Crippen molar-refractivity contribution in [3.8, 4) is 5.88 Å². The Kier molecular flexibility index (Phi) is 3.09. The van der Waals surface area contributed by atoms with Gasteiger partial charge in [0.25, 0.3) is 0 Å². The second kappa shape index (κ2) is 4.51. The number of aromatic nitrogens is 1. The van der Waals surface area contributed by atoms with Gasteiger partial charge in [-0.25, -0.2) is 0 Å². The Morgan fingerprint density at radius 2 is 2.27 bits per heavy atom. The maximum atomic E-state index is 5.35. The number of rotatable bonds is 4. The van der Waals surface area contributed by atoms with E-state index >= 15 is 0 Å². The van der Waals surface area contributed by atoms with E-state index in [2.05, 4.69) is 17.2 Å². The molecule has 1 aliphatic carbocycles. The average Bonchev–Trinajstić information content (AvgIpc) is 2.17. The lowest BCUT2D eigenvalue weighted by Crippen LogP contribution is -2.34. The molecule has 0 spiro atoms. The Morgan fingerprint density at radius 1 is 1.47 bits per heavy atom. The molecule has 0 atom stereocenters. The third-order valence-electron chi connectivity index (χ3n) is 2.74. The highest BCUT2D eigenvalue weighted by molar-refractivity contribution is 5.38. The topological polar surface area (TPSA) is 34.1 Å². The van der Waals surface area contributed by atoms with Crippen molar-refractivity contribution < 1.29 is 4.74 Å². The van der Waals surface area contributed by atoms with Gasteiger partial charge in [0.1, 0.15) is 5.82 Å². The summed E-state index contributed by atoms with van der Waals surface area (Å²) in [4.78, 5) is 4.38. The second-order valence-corrected chi connectivity index (χ2v) is 4.21. The Labute approximate surface area is 90.9 Å². The van der Waals surface area contributed by atoms with Gasteiger partial charge in [0.05, 0.1) is 6.61 Å². The number of ether oxygens (including phenoxy) is 1. The number of hydrogen-bond acceptors (Lipinski definition) is 3. The smallest absolute Gasteiger partial charge is 0.215 e. The first-order valence-electron chi connectivity index (χ1n) is 5.64. The molecule has 82 valence electrons. The van der Waals surface area contributed by atoms with Gasteiger partial charge < -0.3 is 10.1 Å². The molecule has 1 N–H and O–H groups in total. The molecule has 1 fully saturated rings. The van der Waals surface area contributed by atoms with Gasteiger partial charge in [-0.3, -0.25) is 0 Å². The third-order valence-corrected chi connectivity index (χ3v) is 2.74. The number of nitrogens with zero attached hydrogens (tertiary/aromatic N) is 1. The third kappa shape index (κ3) is 2.61. The summed E-state index contributed by atoms with van der Waals surface area (Å²) in [6.45, 7) is 4.91. The maximum absolute atomic E-state index is 5.35. The minimum absolute atomic E-state index is 0.601. The maximum Gasteiger partial charge on any atom is 0.215 e. The quantitative estimate of drug-likeness (QED) is 0.822. The summed E-state index contributed by atoms with van der Waals surface area (Å²) < 4.78 is 5.35. The van der Waals surface area contributed by atoms with Crippen LogP contribution in [0, 0.1) is 5.92 Å². The fourth-order valence-corrected chi connectivity index (χ4v) is 1.95. The Bertz CT molecular complexity index is 321. The first-order valence-corrected chi connectivity index (χ1v) is 5.64. The molecule has 0 unspecified atom stereocenters. The van der Waals surface area contributed by atoms with E-state index in [1.54, 1.807) is 0 Å². The molecular formula is C12H18N2O. The van der Waals surface area contributed by atoms with Crippen molar-refractivity contribution in [2.75, 3.05) is 11.9 Å². The highest BCUT2D eigenvalue weighted by atomic mass is 16.5. The van der Waals surface area contributed by atoms with Crippen LogP contribution in [0.1, 0.15) is 26.7 Å². The first-order chi connectivity index (χ1) is 7.28. The molecule has 0 radical (unpaired) electrons. The molecule has 15 heavy (non-hydrogen) atoms. The number of anilines is 1. The summed E-state index contributed by atoms with van der Waals surface area (Å²) >= 11 is 0. The minimum atomic E-state index is 0.601. The van der Waals surface area contributed by atoms with Crippen LogP contribution in [-0.4, -0.2) is 17.6 Å². The predicted molar refractivity (Wildman–Crippen MR) is 61.2 cm³/mol. The minimum Gasteiger partial charge on any atom is -0.478 e. The molecule has 1 saturated carbocycles. The zero-order valence-electron chi connectivity index (χ0n) is 9.36. The van der Waals surface area contributed by atoms with Crippen molar-refractivity contribution in [1.82, 2.24) is 4.98 Å². The van der Waals surface area contributed by atoms with Gasteiger partial charge in [-0.1, -0.05) is 13.0 Å². The lowest BCUT2D eigenvalue weighted by atomic mass is 9.82. The average molecular weight is 206 g/mol. The molecule has 1 aromatic heterocycles. The van der Waals surface area contributed by atoms with Crippen LogP contribution < -0.4 is 10.1 Å². The summed E-state index contributed by atoms with van der Waals surface area (Å²) in [5.74, 6) is 2.49. The van der Waals surface area contributed by atoms with Crippen LogP contribution >= 0.6 is 0 Å². The lowest BCUT2D eigenvalue weighted by Gasteiger charge is -2.33. The van der Waals surface area contributed by atoms with Crippen LogP contribution in [0.5, 0.6) is 5.88 Å². The van der Waals surface area contributed by atoms with Gasteiger partial charge in [-0.15, -0.1) is 0 Å². The van der Waals surface area contributed by atoms with E-state index in [0.29, 0.717) is 18.5 Å². The Balaban J connectivity index is 1.93. The van der Waals surface area contributed by atoms with Gasteiger partial charge in [0, 0.05) is 12.1 Å². The molecule has 1 aliphatic rings. The van der Waals surface area contributed by atoms with Crippen molar-refractivity contribution in [3.63, 3.8) is 0 Å². The van der Waals surface area contributed by atoms with Gasteiger partial charge in [-0.2, -0.15) is 4.98 Å². The number of pyridine rings is 1. The fraction of sp³-hybridized carbons (Fsp3) is 0.583. The monoisotopic (exact) mass is 206 g/mol. The van der Waals surface area contributed by atoms with E-state index in [0.717, 1.165) is 11.7 Å². The summed E-state index contributed by atoms with van der Waals surface area (Å²) in [7, 11) is 0. The lowest BCUT2D eigenvalue weighted by molar-refractivity contribution is 0.307. The molecule has 0 bridgehead atoms. The van der Waals surface area contributed by atoms with Gasteiger partial charge >= 0.3 is 0 Å². The van der Waals surface area contributed by atoms with Crippen LogP contribution in [0.3, 0.4) is 0 Å². The van der Waals surface area contributed by atoms with E-state index in [1.165, 1.54) is 12.8 Å². The van der Waals surface area contributed by atoms with Crippen molar-refractivity contribution >= 4 is 5.82 Å². The molecule has 3 heteroatoms. The van der Waals surface area contributed by atoms with Gasteiger partial charge in [0.2, 0.25) is 5.88 Å². The molecule has 0 amide bonds. The Hall–Kier alpha value is -1.25. The summed E-state index contributed by atoms with van der Waals surface area (Å²) in [6.07, 6.45) is 2.50. The molecule has 0 aliphatic heterocycles. The fourth-order valence-electron chi connectivity index (χ4n) is 1.95. The van der Waals surface area contributed by atoms with Crippen molar-refractivity contribution in [2.45, 2.75) is 32.7 Å². The van der Waals surface area contributed by atoms with E-state index < -0.39 is 0 Å². The number of hydrogen-bond donors (Lipinski definition) is 1. The Morgan fingerprint density at radius 3 is 2.93 bits per heavy atom. The van der Waals surface area contributed by atoms with E-state index in [9.17, 15) is 0 Å².